The van der Waals surface area contributed by atoms with Crippen molar-refractivity contribution in [3.8, 4) is 44.8 Å². The third kappa shape index (κ3) is 5.85. The molecule has 8 aromatic carbocycles. The second-order valence-electron chi connectivity index (χ2n) is 13.2. The van der Waals surface area contributed by atoms with Crippen LogP contribution in [0.4, 0.5) is 0 Å². The summed E-state index contributed by atoms with van der Waals surface area (Å²) in [6.07, 6.45) is 0. The van der Waals surface area contributed by atoms with Crippen molar-refractivity contribution >= 4 is 66.1 Å². The minimum absolute atomic E-state index is 1.00. The highest BCUT2D eigenvalue weighted by atomic mass is 15.0. The Bertz CT molecular complexity index is 2870. The minimum Gasteiger partial charge on any atom is -0.309 e. The SMILES string of the molecule is [B][B][B].c1ccc(-c2ccc(-n3c4ccccc4c4cc(-c5ccc6c(c5)c5ccccc5n6-c5cccc(-c6ccccc6)c5)ccc43)cc2)cc1. The van der Waals surface area contributed by atoms with Gasteiger partial charge in [0.15, 0.2) is 0 Å². The smallest absolute Gasteiger partial charge is 0.0541 e. The van der Waals surface area contributed by atoms with Crippen LogP contribution in [0.3, 0.4) is 0 Å². The van der Waals surface area contributed by atoms with E-state index in [4.69, 9.17) is 0 Å². The first kappa shape index (κ1) is 32.5. The Morgan fingerprint density at radius 1 is 0.283 bits per heavy atom. The largest absolute Gasteiger partial charge is 0.309 e. The van der Waals surface area contributed by atoms with E-state index in [1.807, 2.05) is 0 Å². The maximum absolute atomic E-state index is 4.50. The lowest BCUT2D eigenvalue weighted by atomic mass is 9.40. The van der Waals surface area contributed by atoms with Crippen molar-refractivity contribution in [2.24, 2.45) is 0 Å². The third-order valence-electron chi connectivity index (χ3n) is 10.1. The van der Waals surface area contributed by atoms with Gasteiger partial charge in [-0.25, -0.2) is 0 Å². The van der Waals surface area contributed by atoms with Gasteiger partial charge in [-0.1, -0.05) is 133 Å². The summed E-state index contributed by atoms with van der Waals surface area (Å²) < 4.78 is 4.80. The van der Waals surface area contributed by atoms with Crippen LogP contribution < -0.4 is 0 Å². The van der Waals surface area contributed by atoms with Crippen LogP contribution in [-0.4, -0.2) is 31.7 Å². The van der Waals surface area contributed by atoms with Crippen molar-refractivity contribution in [1.82, 2.24) is 9.13 Å². The standard InChI is InChI=1S/C48H32N2.B3/c1-3-12-33(13-4-1)35-22-26-39(27-23-35)49-45-20-9-7-18-41(45)43-31-37(24-28-47(43)49)38-25-29-48-44(32-38)42-19-8-10-21-46(42)50(48)40-17-11-16-36(30-40)34-14-5-2-6-15-34;1-3-2/h1-32H;. The van der Waals surface area contributed by atoms with Gasteiger partial charge in [0.2, 0.25) is 0 Å². The summed E-state index contributed by atoms with van der Waals surface area (Å²) in [6, 6.07) is 70.4. The van der Waals surface area contributed by atoms with Gasteiger partial charge in [0.25, 0.3) is 0 Å². The zero-order chi connectivity index (χ0) is 35.7. The number of aromatic nitrogens is 2. The van der Waals surface area contributed by atoms with Gasteiger partial charge >= 0.3 is 0 Å². The average molecular weight is 669 g/mol. The molecule has 0 saturated heterocycles. The molecule has 5 heteroatoms. The predicted octanol–water partition coefficient (Wildman–Crippen LogP) is 11.7. The molecule has 0 atom stereocenters. The molecular weight excluding hydrogens is 637 g/mol. The van der Waals surface area contributed by atoms with Gasteiger partial charge in [-0.2, -0.15) is 0 Å². The fourth-order valence-corrected chi connectivity index (χ4v) is 7.75. The van der Waals surface area contributed by atoms with Crippen LogP contribution in [-0.2, 0) is 0 Å². The van der Waals surface area contributed by atoms with E-state index in [0.29, 0.717) is 0 Å². The highest BCUT2D eigenvalue weighted by Gasteiger charge is 2.16. The van der Waals surface area contributed by atoms with E-state index < -0.39 is 0 Å². The van der Waals surface area contributed by atoms with Gasteiger partial charge in [0.1, 0.15) is 0 Å². The highest BCUT2D eigenvalue weighted by molar-refractivity contribution is 7.17. The lowest BCUT2D eigenvalue weighted by Gasteiger charge is -2.11. The minimum atomic E-state index is 1.00. The third-order valence-corrected chi connectivity index (χ3v) is 10.1. The van der Waals surface area contributed by atoms with Gasteiger partial charge in [-0.3, -0.25) is 0 Å². The molecule has 0 fully saturated rings. The topological polar surface area (TPSA) is 9.86 Å². The van der Waals surface area contributed by atoms with E-state index in [1.165, 1.54) is 77.0 Å². The summed E-state index contributed by atoms with van der Waals surface area (Å²) in [4.78, 5) is 0. The molecule has 0 spiro atoms. The number of nitrogens with zero attached hydrogens (tertiary/aromatic N) is 2. The molecule has 0 unspecified atom stereocenters. The molecule has 0 aliphatic rings. The van der Waals surface area contributed by atoms with E-state index in [0.717, 1.165) is 18.4 Å². The monoisotopic (exact) mass is 669 g/mol. The molecule has 10 aromatic rings. The molecule has 0 bridgehead atoms. The molecule has 0 saturated carbocycles. The number of fused-ring (bicyclic) bond motifs is 6. The van der Waals surface area contributed by atoms with Crippen molar-refractivity contribution in [2.45, 2.75) is 0 Å². The van der Waals surface area contributed by atoms with E-state index in [1.54, 1.807) is 0 Å². The zero-order valence-corrected chi connectivity index (χ0v) is 29.1. The van der Waals surface area contributed by atoms with Gasteiger partial charge in [-0.05, 0) is 94.0 Å². The first-order chi connectivity index (χ1) is 26.2. The first-order valence-corrected chi connectivity index (χ1v) is 17.9. The van der Waals surface area contributed by atoms with Crippen molar-refractivity contribution in [3.63, 3.8) is 0 Å². The fraction of sp³-hybridized carbons (Fsp3) is 0. The maximum Gasteiger partial charge on any atom is 0.0541 e. The molecule has 0 N–H and O–H groups in total. The van der Waals surface area contributed by atoms with Crippen molar-refractivity contribution in [1.29, 1.82) is 0 Å². The van der Waals surface area contributed by atoms with Crippen LogP contribution in [0.1, 0.15) is 0 Å². The van der Waals surface area contributed by atoms with Gasteiger partial charge in [0, 0.05) is 55.5 Å². The number of hydrogen-bond acceptors (Lipinski definition) is 0. The molecule has 2 aromatic heterocycles. The van der Waals surface area contributed by atoms with Gasteiger partial charge in [-0.15, -0.1) is 0 Å². The summed E-state index contributed by atoms with van der Waals surface area (Å²) in [6.45, 7) is 0. The van der Waals surface area contributed by atoms with Gasteiger partial charge < -0.3 is 9.13 Å². The normalized spacial score (nSPS) is 11.2. The molecule has 0 aliphatic heterocycles. The van der Waals surface area contributed by atoms with E-state index in [9.17, 15) is 0 Å². The van der Waals surface area contributed by atoms with Crippen LogP contribution in [0, 0.1) is 0 Å². The highest BCUT2D eigenvalue weighted by Crippen LogP contribution is 2.39. The second-order valence-corrected chi connectivity index (χ2v) is 13.2. The Morgan fingerprint density at radius 2 is 0.660 bits per heavy atom. The summed E-state index contributed by atoms with van der Waals surface area (Å²) >= 11 is 0. The fourth-order valence-electron chi connectivity index (χ4n) is 7.75. The molecule has 2 heterocycles. The van der Waals surface area contributed by atoms with E-state index in [2.05, 4.69) is 219 Å². The van der Waals surface area contributed by atoms with Crippen LogP contribution in [0.15, 0.2) is 194 Å². The van der Waals surface area contributed by atoms with Crippen molar-refractivity contribution < 1.29 is 0 Å². The van der Waals surface area contributed by atoms with E-state index in [-0.39, 0.29) is 0 Å². The Labute approximate surface area is 313 Å². The average Bonchev–Trinajstić information content (AvgIpc) is 3.74. The van der Waals surface area contributed by atoms with E-state index >= 15 is 0 Å². The van der Waals surface area contributed by atoms with Crippen molar-refractivity contribution in [2.75, 3.05) is 0 Å². The number of hydrogen-bond donors (Lipinski definition) is 0. The summed E-state index contributed by atoms with van der Waals surface area (Å²) in [7, 11) is 10.0. The van der Waals surface area contributed by atoms with Crippen LogP contribution in [0.25, 0.3) is 88.4 Å². The predicted molar refractivity (Wildman–Crippen MR) is 229 cm³/mol. The number of rotatable bonds is 5. The van der Waals surface area contributed by atoms with Crippen LogP contribution >= 0.6 is 0 Å². The molecule has 53 heavy (non-hydrogen) atoms. The molecule has 243 valence electrons. The summed E-state index contributed by atoms with van der Waals surface area (Å²) in [5, 5.41) is 5.02. The van der Waals surface area contributed by atoms with Crippen molar-refractivity contribution in [3.05, 3.63) is 194 Å². The number of benzene rings is 8. The Hall–Kier alpha value is -6.45. The Balaban J connectivity index is 0.00000120. The van der Waals surface area contributed by atoms with Crippen LogP contribution in [0.2, 0.25) is 0 Å². The molecule has 0 aliphatic carbocycles. The molecule has 2 nitrogen and oxygen atoms in total. The van der Waals surface area contributed by atoms with Crippen LogP contribution in [0.5, 0.6) is 0 Å². The molecule has 5 radical (unpaired) electrons. The molecule has 10 rings (SSSR count). The lowest BCUT2D eigenvalue weighted by Crippen LogP contribution is -1.94. The second kappa shape index (κ2) is 13.9. The number of para-hydroxylation sites is 2. The molecule has 0 amide bonds. The lowest BCUT2D eigenvalue weighted by molar-refractivity contribution is 1.18. The quantitative estimate of drug-likeness (QED) is 0.162. The molecular formula is C48H32B3N2. The Morgan fingerprint density at radius 3 is 1.21 bits per heavy atom. The first-order valence-electron chi connectivity index (χ1n) is 17.9. The van der Waals surface area contributed by atoms with Gasteiger partial charge in [0.05, 0.1) is 22.1 Å². The summed E-state index contributed by atoms with van der Waals surface area (Å²) in [5.41, 5.74) is 14.5. The zero-order valence-electron chi connectivity index (χ0n) is 29.1. The maximum atomic E-state index is 4.50. The Kier molecular flexibility index (Phi) is 8.54. The summed E-state index contributed by atoms with van der Waals surface area (Å²) in [5.74, 6) is 0.